The number of hydrogen-bond donors (Lipinski definition) is 0. The van der Waals surface area contributed by atoms with E-state index in [0.717, 1.165) is 69.3 Å². The highest BCUT2D eigenvalue weighted by Crippen LogP contribution is 2.36. The van der Waals surface area contributed by atoms with Gasteiger partial charge >= 0.3 is 5.69 Å². The highest BCUT2D eigenvalue weighted by Gasteiger charge is 2.21. The number of aromatic nitrogens is 6. The van der Waals surface area contributed by atoms with E-state index in [-0.39, 0.29) is 5.69 Å². The Labute approximate surface area is 207 Å². The van der Waals surface area contributed by atoms with Gasteiger partial charge in [0, 0.05) is 43.4 Å². The zero-order valence-corrected chi connectivity index (χ0v) is 20.9. The van der Waals surface area contributed by atoms with Crippen molar-refractivity contribution in [2.24, 2.45) is 14.1 Å². The molecule has 0 fully saturated rings. The van der Waals surface area contributed by atoms with E-state index in [2.05, 4.69) is 32.6 Å². The molecule has 0 aliphatic rings. The Balaban J connectivity index is 1.62. The molecule has 4 aromatic heterocycles. The first-order valence-corrected chi connectivity index (χ1v) is 12.3. The Morgan fingerprint density at radius 1 is 0.972 bits per heavy atom. The molecule has 6 aromatic rings. The highest BCUT2D eigenvalue weighted by atomic mass is 16.3. The van der Waals surface area contributed by atoms with Gasteiger partial charge in [-0.1, -0.05) is 31.9 Å². The third-order valence-corrected chi connectivity index (χ3v) is 6.99. The van der Waals surface area contributed by atoms with E-state index in [1.807, 2.05) is 63.7 Å². The Bertz CT molecular complexity index is 1820. The van der Waals surface area contributed by atoms with E-state index in [4.69, 9.17) is 4.42 Å². The maximum Gasteiger partial charge on any atom is 0.348 e. The fraction of sp³-hybridized carbons (Fsp3) is 0.286. The summed E-state index contributed by atoms with van der Waals surface area (Å²) in [5, 5.41) is 5.21. The Kier molecular flexibility index (Phi) is 5.25. The summed E-state index contributed by atoms with van der Waals surface area (Å²) in [7, 11) is 3.90. The number of unbranched alkanes of at least 4 members (excludes halogenated alkanes) is 2. The largest absolute Gasteiger partial charge is 0.452 e. The topological polar surface area (TPSA) is 83.7 Å². The molecule has 0 unspecified atom stereocenters. The third-order valence-electron chi connectivity index (χ3n) is 6.99. The number of aryl methyl sites for hydroxylation is 4. The molecule has 6 rings (SSSR count). The molecule has 0 saturated carbocycles. The second kappa shape index (κ2) is 8.48. The normalized spacial score (nSPS) is 11.9. The van der Waals surface area contributed by atoms with E-state index < -0.39 is 0 Å². The maximum absolute atomic E-state index is 13.4. The number of benzene rings is 2. The standard InChI is InChI=1S/C28H28N6O2/c1-5-6-7-12-34-26-21-13-18(20-15-29-32(3)16-20)9-11-24(21)36-27(26)25(31-28(34)35)19-8-10-23-22(14-19)30-17(2)33(23)4/h8-11,13-16H,5-7,12H2,1-4H3. The molecule has 0 saturated heterocycles. The SMILES string of the molecule is CCCCCn1c(=O)nc(-c2ccc3c(c2)nc(C)n3C)c2oc3ccc(-c4cnn(C)c4)cc3c21. The second-order valence-electron chi connectivity index (χ2n) is 9.42. The molecular formula is C28H28N6O2. The summed E-state index contributed by atoms with van der Waals surface area (Å²) in [6, 6.07) is 12.1. The van der Waals surface area contributed by atoms with Crippen LogP contribution in [0.4, 0.5) is 0 Å². The monoisotopic (exact) mass is 480 g/mol. The lowest BCUT2D eigenvalue weighted by atomic mass is 10.1. The molecule has 8 heteroatoms. The van der Waals surface area contributed by atoms with Gasteiger partial charge in [-0.05, 0) is 43.2 Å². The Morgan fingerprint density at radius 2 is 1.81 bits per heavy atom. The average molecular weight is 481 g/mol. The molecular weight excluding hydrogens is 452 g/mol. The Morgan fingerprint density at radius 3 is 2.58 bits per heavy atom. The predicted molar refractivity (Wildman–Crippen MR) is 142 cm³/mol. The molecule has 182 valence electrons. The van der Waals surface area contributed by atoms with Crippen LogP contribution in [-0.2, 0) is 20.6 Å². The zero-order valence-electron chi connectivity index (χ0n) is 20.9. The van der Waals surface area contributed by atoms with Gasteiger partial charge in [0.05, 0.1) is 17.2 Å². The molecule has 0 atom stereocenters. The smallest absolute Gasteiger partial charge is 0.348 e. The summed E-state index contributed by atoms with van der Waals surface area (Å²) in [6.45, 7) is 4.73. The molecule has 0 aliphatic carbocycles. The van der Waals surface area contributed by atoms with Gasteiger partial charge in [-0.15, -0.1) is 0 Å². The van der Waals surface area contributed by atoms with Crippen molar-refractivity contribution < 1.29 is 4.42 Å². The molecule has 0 N–H and O–H groups in total. The van der Waals surface area contributed by atoms with Gasteiger partial charge in [0.1, 0.15) is 22.6 Å². The quantitative estimate of drug-likeness (QED) is 0.290. The molecule has 0 bridgehead atoms. The van der Waals surface area contributed by atoms with Gasteiger partial charge in [0.25, 0.3) is 0 Å². The molecule has 2 aromatic carbocycles. The second-order valence-corrected chi connectivity index (χ2v) is 9.42. The Hall–Kier alpha value is -4.20. The number of fused-ring (bicyclic) bond motifs is 4. The van der Waals surface area contributed by atoms with Crippen molar-refractivity contribution in [3.63, 3.8) is 0 Å². The van der Waals surface area contributed by atoms with Crippen LogP contribution in [0.15, 0.2) is 58.0 Å². The van der Waals surface area contributed by atoms with Gasteiger partial charge in [-0.25, -0.2) is 9.78 Å². The summed E-state index contributed by atoms with van der Waals surface area (Å²) in [4.78, 5) is 22.6. The van der Waals surface area contributed by atoms with Gasteiger partial charge in [0.15, 0.2) is 5.58 Å². The van der Waals surface area contributed by atoms with Crippen molar-refractivity contribution >= 4 is 33.1 Å². The van der Waals surface area contributed by atoms with Crippen molar-refractivity contribution in [1.29, 1.82) is 0 Å². The molecule has 0 aliphatic heterocycles. The molecule has 0 spiro atoms. The minimum absolute atomic E-state index is 0.264. The summed E-state index contributed by atoms with van der Waals surface area (Å²) in [5.41, 5.74) is 7.17. The zero-order chi connectivity index (χ0) is 25.0. The fourth-order valence-corrected chi connectivity index (χ4v) is 4.96. The first-order valence-electron chi connectivity index (χ1n) is 12.3. The highest BCUT2D eigenvalue weighted by molar-refractivity contribution is 6.08. The molecule has 0 amide bonds. The number of hydrogen-bond acceptors (Lipinski definition) is 5. The summed E-state index contributed by atoms with van der Waals surface area (Å²) >= 11 is 0. The minimum Gasteiger partial charge on any atom is -0.452 e. The number of nitrogens with zero attached hydrogens (tertiary/aromatic N) is 6. The lowest BCUT2D eigenvalue weighted by Gasteiger charge is -2.10. The summed E-state index contributed by atoms with van der Waals surface area (Å²) in [6.07, 6.45) is 6.84. The summed E-state index contributed by atoms with van der Waals surface area (Å²) < 4.78 is 12.0. The van der Waals surface area contributed by atoms with Crippen LogP contribution in [0, 0.1) is 6.92 Å². The first kappa shape index (κ1) is 22.3. The van der Waals surface area contributed by atoms with E-state index in [0.29, 0.717) is 17.8 Å². The van der Waals surface area contributed by atoms with Gasteiger partial charge < -0.3 is 8.98 Å². The van der Waals surface area contributed by atoms with Crippen LogP contribution in [0.2, 0.25) is 0 Å². The number of rotatable bonds is 6. The van der Waals surface area contributed by atoms with Gasteiger partial charge in [-0.3, -0.25) is 9.25 Å². The molecule has 4 heterocycles. The lowest BCUT2D eigenvalue weighted by molar-refractivity contribution is 0.589. The average Bonchev–Trinajstić information content (AvgIpc) is 3.55. The summed E-state index contributed by atoms with van der Waals surface area (Å²) in [5.74, 6) is 0.929. The third kappa shape index (κ3) is 3.52. The van der Waals surface area contributed by atoms with Crippen molar-refractivity contribution in [1.82, 2.24) is 28.9 Å². The van der Waals surface area contributed by atoms with Gasteiger partial charge in [-0.2, -0.15) is 10.1 Å². The van der Waals surface area contributed by atoms with Crippen molar-refractivity contribution in [2.45, 2.75) is 39.7 Å². The van der Waals surface area contributed by atoms with Crippen LogP contribution < -0.4 is 5.69 Å². The van der Waals surface area contributed by atoms with Crippen LogP contribution >= 0.6 is 0 Å². The first-order chi connectivity index (χ1) is 17.4. The van der Waals surface area contributed by atoms with Crippen LogP contribution in [0.1, 0.15) is 32.0 Å². The van der Waals surface area contributed by atoms with Crippen LogP contribution in [0.25, 0.3) is 55.5 Å². The fourth-order valence-electron chi connectivity index (χ4n) is 4.96. The number of furan rings is 1. The van der Waals surface area contributed by atoms with Crippen LogP contribution in [0.3, 0.4) is 0 Å². The van der Waals surface area contributed by atoms with Crippen molar-refractivity contribution in [2.75, 3.05) is 0 Å². The number of imidazole rings is 1. The van der Waals surface area contributed by atoms with Gasteiger partial charge in [0.2, 0.25) is 0 Å². The van der Waals surface area contributed by atoms with E-state index in [9.17, 15) is 4.79 Å². The van der Waals surface area contributed by atoms with E-state index >= 15 is 0 Å². The van der Waals surface area contributed by atoms with Crippen LogP contribution in [-0.4, -0.2) is 28.9 Å². The van der Waals surface area contributed by atoms with E-state index in [1.54, 1.807) is 9.25 Å². The van der Waals surface area contributed by atoms with Crippen LogP contribution in [0.5, 0.6) is 0 Å². The molecule has 8 nitrogen and oxygen atoms in total. The lowest BCUT2D eigenvalue weighted by Crippen LogP contribution is -2.24. The van der Waals surface area contributed by atoms with Crippen molar-refractivity contribution in [3.8, 4) is 22.4 Å². The maximum atomic E-state index is 13.4. The van der Waals surface area contributed by atoms with E-state index in [1.165, 1.54) is 0 Å². The van der Waals surface area contributed by atoms with Crippen molar-refractivity contribution in [3.05, 3.63) is 65.1 Å². The minimum atomic E-state index is -0.264. The molecule has 36 heavy (non-hydrogen) atoms. The molecule has 0 radical (unpaired) electrons. The predicted octanol–water partition coefficient (Wildman–Crippen LogP) is 5.60.